The minimum atomic E-state index is -3.69. The van der Waals surface area contributed by atoms with Gasteiger partial charge in [-0.15, -0.1) is 0 Å². The van der Waals surface area contributed by atoms with Crippen molar-refractivity contribution in [3.8, 4) is 17.9 Å². The number of rotatable bonds is 8. The van der Waals surface area contributed by atoms with E-state index in [0.717, 1.165) is 11.3 Å². The molecule has 0 saturated heterocycles. The number of anilines is 2. The largest absolute Gasteiger partial charge is 0.489 e. The molecule has 0 amide bonds. The van der Waals surface area contributed by atoms with Crippen LogP contribution < -0.4 is 15.2 Å². The molecule has 1 aliphatic heterocycles. The van der Waals surface area contributed by atoms with E-state index in [2.05, 4.69) is 27.5 Å². The third-order valence-corrected chi connectivity index (χ3v) is 8.50. The number of nitrogens with one attached hydrogen (secondary N) is 1. The highest BCUT2D eigenvalue weighted by molar-refractivity contribution is 7.95. The van der Waals surface area contributed by atoms with Gasteiger partial charge in [0.25, 0.3) is 0 Å². The minimum Gasteiger partial charge on any atom is -0.489 e. The minimum absolute atomic E-state index is 0.182. The molecule has 0 saturated carbocycles. The number of ether oxygens (including phenoxy) is 1. The zero-order valence-electron chi connectivity index (χ0n) is 24.7. The van der Waals surface area contributed by atoms with Gasteiger partial charge < -0.3 is 4.74 Å². The summed E-state index contributed by atoms with van der Waals surface area (Å²) < 4.78 is 35.4. The Kier molecular flexibility index (Phi) is 8.77. The standard InChI is InChI=1S/C25H18N4O3S.C10H8N4/c26-15-19-6-8-21(9-7-19)29(28-13-12-27-18-28)24-17-33(30,31)25-14-22(10-11-23(24)25)32-16-20-4-2-1-3-5-20;11-7-9-1-3-10(4-2-9)13-14-6-5-12-8-14/h1-14,17-18H,16H2;1-6,8,13H. The van der Waals surface area contributed by atoms with Crippen molar-refractivity contribution in [1.29, 1.82) is 10.5 Å². The zero-order valence-corrected chi connectivity index (χ0v) is 25.6. The molecule has 3 heterocycles. The Labute approximate surface area is 271 Å². The van der Waals surface area contributed by atoms with E-state index in [1.165, 1.54) is 5.41 Å². The van der Waals surface area contributed by atoms with Gasteiger partial charge in [-0.3, -0.25) is 10.1 Å². The van der Waals surface area contributed by atoms with Gasteiger partial charge in [0, 0.05) is 30.4 Å². The predicted molar refractivity (Wildman–Crippen MR) is 176 cm³/mol. The molecule has 0 atom stereocenters. The fourth-order valence-corrected chi connectivity index (χ4v) is 6.16. The van der Waals surface area contributed by atoms with Gasteiger partial charge in [0.1, 0.15) is 25.0 Å². The van der Waals surface area contributed by atoms with E-state index in [1.807, 2.05) is 42.5 Å². The zero-order chi connectivity index (χ0) is 32.6. The average Bonchev–Trinajstić information content (AvgIpc) is 3.88. The van der Waals surface area contributed by atoms with Crippen LogP contribution in [0.3, 0.4) is 0 Å². The molecule has 0 radical (unpaired) electrons. The predicted octanol–water partition coefficient (Wildman–Crippen LogP) is 6.02. The highest BCUT2D eigenvalue weighted by atomic mass is 32.2. The monoisotopic (exact) mass is 638 g/mol. The SMILES string of the molecule is N#Cc1ccc(N(C2=CS(=O)(=O)c3cc(OCc4ccccc4)ccc32)n2ccnc2)cc1.N#Cc1ccc(Nn2ccnc2)cc1. The maximum Gasteiger partial charge on any atom is 0.202 e. The number of nitriles is 2. The molecule has 1 N–H and O–H groups in total. The lowest BCUT2D eigenvalue weighted by atomic mass is 10.1. The van der Waals surface area contributed by atoms with Crippen molar-refractivity contribution in [3.05, 3.63) is 162 Å². The molecule has 2 aromatic heterocycles. The summed E-state index contributed by atoms with van der Waals surface area (Å²) in [6.07, 6.45) is 10.1. The van der Waals surface area contributed by atoms with Crippen LogP contribution in [-0.4, -0.2) is 27.7 Å². The molecule has 0 unspecified atom stereocenters. The van der Waals surface area contributed by atoms with Crippen molar-refractivity contribution in [3.63, 3.8) is 0 Å². The summed E-state index contributed by atoms with van der Waals surface area (Å²) in [5.41, 5.74) is 7.87. The van der Waals surface area contributed by atoms with Crippen molar-refractivity contribution < 1.29 is 13.2 Å². The molecule has 1 aliphatic rings. The van der Waals surface area contributed by atoms with E-state index in [4.69, 9.17) is 15.3 Å². The summed E-state index contributed by atoms with van der Waals surface area (Å²) in [6.45, 7) is 0.340. The van der Waals surface area contributed by atoms with Crippen LogP contribution in [0.25, 0.3) is 5.70 Å². The molecule has 0 aliphatic carbocycles. The topological polar surface area (TPSA) is 142 Å². The molecular weight excluding hydrogens is 613 g/mol. The lowest BCUT2D eigenvalue weighted by Crippen LogP contribution is -2.26. The molecular formula is C35H26N8O3S. The molecule has 0 spiro atoms. The smallest absolute Gasteiger partial charge is 0.202 e. The molecule has 47 heavy (non-hydrogen) atoms. The van der Waals surface area contributed by atoms with Crippen LogP contribution in [0.15, 0.2) is 145 Å². The van der Waals surface area contributed by atoms with E-state index < -0.39 is 9.84 Å². The highest BCUT2D eigenvalue weighted by Gasteiger charge is 2.32. The summed E-state index contributed by atoms with van der Waals surface area (Å²) >= 11 is 0. The summed E-state index contributed by atoms with van der Waals surface area (Å²) in [6, 6.07) is 33.0. The first kappa shape index (κ1) is 30.4. The van der Waals surface area contributed by atoms with Crippen LogP contribution in [0.2, 0.25) is 0 Å². The Balaban J connectivity index is 0.000000230. The van der Waals surface area contributed by atoms with E-state index >= 15 is 0 Å². The Morgan fingerprint density at radius 3 is 2.13 bits per heavy atom. The van der Waals surface area contributed by atoms with Crippen molar-refractivity contribution in [1.82, 2.24) is 19.3 Å². The van der Waals surface area contributed by atoms with Crippen LogP contribution in [-0.2, 0) is 16.4 Å². The number of benzene rings is 4. The van der Waals surface area contributed by atoms with Gasteiger partial charge in [0.2, 0.25) is 9.84 Å². The molecule has 11 nitrogen and oxygen atoms in total. The molecule has 12 heteroatoms. The van der Waals surface area contributed by atoms with Gasteiger partial charge >= 0.3 is 0 Å². The Morgan fingerprint density at radius 1 is 0.809 bits per heavy atom. The van der Waals surface area contributed by atoms with E-state index in [9.17, 15) is 8.42 Å². The van der Waals surface area contributed by atoms with Crippen LogP contribution >= 0.6 is 0 Å². The molecule has 4 aromatic carbocycles. The van der Waals surface area contributed by atoms with Gasteiger partial charge in [0.05, 0.1) is 50.6 Å². The number of fused-ring (bicyclic) bond motifs is 1. The third kappa shape index (κ3) is 7.04. The second-order valence-corrected chi connectivity index (χ2v) is 11.9. The van der Waals surface area contributed by atoms with Crippen molar-refractivity contribution in [2.45, 2.75) is 11.5 Å². The van der Waals surface area contributed by atoms with Gasteiger partial charge in [0.15, 0.2) is 0 Å². The first-order chi connectivity index (χ1) is 22.9. The number of nitrogens with zero attached hydrogens (tertiary/aromatic N) is 7. The maximum absolute atomic E-state index is 13.1. The highest BCUT2D eigenvalue weighted by Crippen LogP contribution is 2.40. The van der Waals surface area contributed by atoms with Gasteiger partial charge in [-0.2, -0.15) is 10.5 Å². The molecule has 6 aromatic rings. The summed E-state index contributed by atoms with van der Waals surface area (Å²) in [5, 5.41) is 20.7. The lowest BCUT2D eigenvalue weighted by Gasteiger charge is -2.27. The Hall–Kier alpha value is -6.63. The molecule has 7 rings (SSSR count). The third-order valence-electron chi connectivity index (χ3n) is 7.02. The van der Waals surface area contributed by atoms with E-state index in [-0.39, 0.29) is 4.90 Å². The first-order valence-electron chi connectivity index (χ1n) is 14.2. The van der Waals surface area contributed by atoms with Gasteiger partial charge in [-0.25, -0.2) is 28.1 Å². The molecule has 0 bridgehead atoms. The second kappa shape index (κ2) is 13.6. The van der Waals surface area contributed by atoms with Crippen molar-refractivity contribution in [2.24, 2.45) is 0 Å². The van der Waals surface area contributed by atoms with Crippen LogP contribution in [0.5, 0.6) is 5.75 Å². The second-order valence-electron chi connectivity index (χ2n) is 10.2. The first-order valence-corrected chi connectivity index (χ1v) is 15.8. The van der Waals surface area contributed by atoms with Crippen molar-refractivity contribution >= 4 is 26.9 Å². The Morgan fingerprint density at radius 2 is 1.49 bits per heavy atom. The van der Waals surface area contributed by atoms with Crippen LogP contribution in [0.1, 0.15) is 22.3 Å². The fourth-order valence-electron chi connectivity index (χ4n) is 4.76. The normalized spacial score (nSPS) is 12.3. The van der Waals surface area contributed by atoms with E-state index in [1.54, 1.807) is 106 Å². The fraction of sp³-hybridized carbons (Fsp3) is 0.0286. The summed E-state index contributed by atoms with van der Waals surface area (Å²) in [7, 11) is -3.69. The summed E-state index contributed by atoms with van der Waals surface area (Å²) in [4.78, 5) is 8.19. The molecule has 0 fully saturated rings. The average molecular weight is 639 g/mol. The summed E-state index contributed by atoms with van der Waals surface area (Å²) in [5.74, 6) is 0.475. The number of sulfone groups is 1. The quantitative estimate of drug-likeness (QED) is 0.212. The number of imidazole rings is 2. The lowest BCUT2D eigenvalue weighted by molar-refractivity contribution is 0.305. The molecule has 230 valence electrons. The van der Waals surface area contributed by atoms with Gasteiger partial charge in [-0.1, -0.05) is 30.3 Å². The number of aromatic nitrogens is 4. The van der Waals surface area contributed by atoms with Crippen molar-refractivity contribution in [2.75, 3.05) is 10.4 Å². The van der Waals surface area contributed by atoms with Crippen LogP contribution in [0.4, 0.5) is 11.4 Å². The van der Waals surface area contributed by atoms with E-state index in [0.29, 0.717) is 40.4 Å². The number of hydrogen-bond donors (Lipinski definition) is 1. The Bertz CT molecular complexity index is 2180. The number of hydrogen-bond acceptors (Lipinski definition) is 9. The maximum atomic E-state index is 13.1. The van der Waals surface area contributed by atoms with Crippen LogP contribution in [0, 0.1) is 22.7 Å². The van der Waals surface area contributed by atoms with Gasteiger partial charge in [-0.05, 0) is 72.3 Å².